The van der Waals surface area contributed by atoms with Gasteiger partial charge in [-0.25, -0.2) is 4.99 Å². The van der Waals surface area contributed by atoms with E-state index < -0.39 is 52.1 Å². The number of nitrogens with two attached hydrogens (primary N) is 3. The molecule has 0 saturated carbocycles. The van der Waals surface area contributed by atoms with E-state index >= 15 is 0 Å². The number of aromatic hydroxyl groups is 6. The molecule has 1 saturated heterocycles. The van der Waals surface area contributed by atoms with Crippen molar-refractivity contribution in [3.63, 3.8) is 0 Å². The lowest BCUT2D eigenvalue weighted by Gasteiger charge is -2.37. The van der Waals surface area contributed by atoms with Crippen LogP contribution in [0.25, 0.3) is 0 Å². The summed E-state index contributed by atoms with van der Waals surface area (Å²) < 4.78 is 4.76. The van der Waals surface area contributed by atoms with Gasteiger partial charge < -0.3 is 72.2 Å². The molecule has 2 aromatic carbocycles. The van der Waals surface area contributed by atoms with Crippen molar-refractivity contribution in [3.05, 3.63) is 5.56 Å². The number of phenols is 6. The molecule has 0 amide bonds. The molecule has 2 aliphatic rings. The Balaban J connectivity index is 1.68. The van der Waals surface area contributed by atoms with Crippen LogP contribution in [0.1, 0.15) is 5.56 Å². The topological polar surface area (TPSA) is 308 Å². The van der Waals surface area contributed by atoms with Crippen molar-refractivity contribution < 1.29 is 55.8 Å². The highest BCUT2D eigenvalue weighted by molar-refractivity contribution is 8.00. The number of nitrogen functional groups attached to an aromatic ring is 2. The van der Waals surface area contributed by atoms with E-state index in [-0.39, 0.29) is 58.8 Å². The van der Waals surface area contributed by atoms with Crippen molar-refractivity contribution in [2.75, 3.05) is 50.8 Å². The average Bonchev–Trinajstić information content (AvgIpc) is 3.06. The van der Waals surface area contributed by atoms with E-state index in [1.807, 2.05) is 4.90 Å². The number of aliphatic imine (C=N–C) groups is 1. The average molecular weight is 573 g/mol. The second-order valence-corrected chi connectivity index (χ2v) is 9.87. The van der Waals surface area contributed by atoms with Crippen LogP contribution in [-0.2, 0) is 4.74 Å². The van der Waals surface area contributed by atoms with Gasteiger partial charge in [0.05, 0.1) is 27.6 Å². The molecule has 39 heavy (non-hydrogen) atoms. The minimum Gasteiger partial charge on any atom is -0.505 e. The van der Waals surface area contributed by atoms with Gasteiger partial charge in [-0.05, 0) is 0 Å². The Bertz CT molecular complexity index is 1340. The Morgan fingerprint density at radius 3 is 1.95 bits per heavy atom. The SMILES string of the molecule is Nc1c(O)c(O)c2c(c1O)C(N1CCN(CCOC(N)(O)C(O)(O)O)CC1)=Nc1c(O)c(O)c(O)c(N)c1S2. The monoisotopic (exact) mass is 572 g/mol. The largest absolute Gasteiger partial charge is 0.505 e. The van der Waals surface area contributed by atoms with Gasteiger partial charge in [-0.2, -0.15) is 0 Å². The lowest BCUT2D eigenvalue weighted by molar-refractivity contribution is -0.454. The number of nitrogens with zero attached hydrogens (tertiary/aromatic N) is 3. The third kappa shape index (κ3) is 4.83. The highest BCUT2D eigenvalue weighted by atomic mass is 32.2. The van der Waals surface area contributed by atoms with Crippen LogP contribution >= 0.6 is 11.8 Å². The molecule has 0 radical (unpaired) electrons. The zero-order valence-electron chi connectivity index (χ0n) is 20.1. The molecule has 16 N–H and O–H groups in total. The highest BCUT2D eigenvalue weighted by Gasteiger charge is 2.46. The lowest BCUT2D eigenvalue weighted by atomic mass is 10.1. The molecule has 0 aliphatic carbocycles. The van der Waals surface area contributed by atoms with Gasteiger partial charge in [0.25, 0.3) is 0 Å². The van der Waals surface area contributed by atoms with Crippen LogP contribution in [0.2, 0.25) is 0 Å². The number of fused-ring (bicyclic) bond motifs is 2. The Morgan fingerprint density at radius 1 is 0.769 bits per heavy atom. The van der Waals surface area contributed by atoms with E-state index in [0.717, 1.165) is 0 Å². The molecule has 2 aromatic rings. The molecule has 214 valence electrons. The molecule has 17 nitrogen and oxygen atoms in total. The fraction of sp³-hybridized carbons (Fsp3) is 0.381. The van der Waals surface area contributed by atoms with Gasteiger partial charge in [-0.15, -0.1) is 0 Å². The number of hydrogen-bond acceptors (Lipinski definition) is 18. The number of ether oxygens (including phenoxy) is 1. The molecule has 4 rings (SSSR count). The standard InChI is InChI=1S/C21H28N6O11S/c22-8-11(28)7-17(16(33)12(8)29)39-18-9(23)13(30)15(32)14(31)10(18)25-19(7)27-3-1-26(2-4-27)5-6-38-20(24,34)21(35,36)37/h28-37H,1-6,22-24H2. The normalized spacial score (nSPS) is 17.7. The maximum absolute atomic E-state index is 10.9. The summed E-state index contributed by atoms with van der Waals surface area (Å²) in [5.74, 6) is -11.5. The maximum Gasteiger partial charge on any atom is 0.348 e. The summed E-state index contributed by atoms with van der Waals surface area (Å²) in [6, 6.07) is 0. The highest BCUT2D eigenvalue weighted by Crippen LogP contribution is 2.60. The van der Waals surface area contributed by atoms with Crippen LogP contribution in [0.5, 0.6) is 34.5 Å². The Kier molecular flexibility index (Phi) is 7.17. The Morgan fingerprint density at radius 2 is 1.36 bits per heavy atom. The molecule has 1 atom stereocenters. The molecule has 0 spiro atoms. The summed E-state index contributed by atoms with van der Waals surface area (Å²) >= 11 is 0.668. The molecule has 0 bridgehead atoms. The van der Waals surface area contributed by atoms with E-state index in [1.54, 1.807) is 4.90 Å². The van der Waals surface area contributed by atoms with Gasteiger partial charge in [0.1, 0.15) is 17.2 Å². The fourth-order valence-electron chi connectivity index (χ4n) is 4.02. The third-order valence-electron chi connectivity index (χ3n) is 6.33. The van der Waals surface area contributed by atoms with Gasteiger partial charge in [0.2, 0.25) is 5.75 Å². The molecular weight excluding hydrogens is 544 g/mol. The first-order valence-corrected chi connectivity index (χ1v) is 12.1. The number of benzene rings is 2. The first-order chi connectivity index (χ1) is 18.1. The third-order valence-corrected chi connectivity index (χ3v) is 7.55. The molecule has 2 aliphatic heterocycles. The van der Waals surface area contributed by atoms with Gasteiger partial charge in [-0.3, -0.25) is 10.6 Å². The summed E-state index contributed by atoms with van der Waals surface area (Å²) in [5.41, 5.74) is 15.6. The molecule has 1 unspecified atom stereocenters. The second kappa shape index (κ2) is 9.84. The van der Waals surface area contributed by atoms with E-state index in [9.17, 15) is 35.7 Å². The van der Waals surface area contributed by atoms with Gasteiger partial charge >= 0.3 is 11.9 Å². The quantitative estimate of drug-likeness (QED) is 0.0761. The number of phenolic OH excluding ortho intramolecular Hbond substituents is 6. The molecule has 18 heteroatoms. The Labute approximate surface area is 223 Å². The van der Waals surface area contributed by atoms with E-state index in [0.29, 0.717) is 24.9 Å². The van der Waals surface area contributed by atoms with E-state index in [4.69, 9.17) is 37.3 Å². The van der Waals surface area contributed by atoms with Crippen LogP contribution in [0.15, 0.2) is 14.8 Å². The smallest absolute Gasteiger partial charge is 0.348 e. The zero-order valence-corrected chi connectivity index (χ0v) is 20.9. The number of hydrogen-bond donors (Lipinski definition) is 13. The number of rotatable bonds is 5. The molecular formula is C21H28N6O11S. The van der Waals surface area contributed by atoms with Crippen LogP contribution < -0.4 is 17.2 Å². The molecule has 2 heterocycles. The van der Waals surface area contributed by atoms with Gasteiger partial charge in [-0.1, -0.05) is 11.8 Å². The summed E-state index contributed by atoms with van der Waals surface area (Å²) in [5, 5.41) is 99.4. The summed E-state index contributed by atoms with van der Waals surface area (Å²) in [6.45, 7) is 0.914. The van der Waals surface area contributed by atoms with Crippen molar-refractivity contribution in [2.24, 2.45) is 10.7 Å². The van der Waals surface area contributed by atoms with Crippen molar-refractivity contribution in [1.82, 2.24) is 9.80 Å². The first kappa shape index (κ1) is 28.4. The number of amidine groups is 1. The first-order valence-electron chi connectivity index (χ1n) is 11.3. The minimum atomic E-state index is -3.69. The van der Waals surface area contributed by atoms with Crippen molar-refractivity contribution in [2.45, 2.75) is 21.7 Å². The zero-order chi connectivity index (χ0) is 29.0. The summed E-state index contributed by atoms with van der Waals surface area (Å²) in [4.78, 5) is 7.69. The summed E-state index contributed by atoms with van der Waals surface area (Å²) in [7, 11) is 0. The number of aliphatic hydroxyl groups is 4. The number of piperazine rings is 1. The fourth-order valence-corrected chi connectivity index (χ4v) is 5.15. The number of anilines is 2. The molecule has 1 fully saturated rings. The van der Waals surface area contributed by atoms with Crippen molar-refractivity contribution in [1.29, 1.82) is 0 Å². The lowest BCUT2D eigenvalue weighted by Crippen LogP contribution is -2.63. The van der Waals surface area contributed by atoms with Crippen LogP contribution in [0, 0.1) is 0 Å². The van der Waals surface area contributed by atoms with Gasteiger partial charge in [0.15, 0.2) is 28.7 Å². The van der Waals surface area contributed by atoms with E-state index in [2.05, 4.69) is 4.99 Å². The predicted octanol–water partition coefficient (Wildman–Crippen LogP) is -2.50. The van der Waals surface area contributed by atoms with Crippen molar-refractivity contribution >= 4 is 34.7 Å². The second-order valence-electron chi connectivity index (χ2n) is 8.85. The maximum atomic E-state index is 10.9. The molecule has 0 aromatic heterocycles. The Hall–Kier alpha value is -3.62. The van der Waals surface area contributed by atoms with Crippen LogP contribution in [0.4, 0.5) is 17.1 Å². The van der Waals surface area contributed by atoms with E-state index in [1.165, 1.54) is 0 Å². The van der Waals surface area contributed by atoms with Crippen molar-refractivity contribution in [3.8, 4) is 34.5 Å². The van der Waals surface area contributed by atoms with Crippen LogP contribution in [0.3, 0.4) is 0 Å². The minimum absolute atomic E-state index is 0.00611. The van der Waals surface area contributed by atoms with Crippen LogP contribution in [-0.4, -0.2) is 118 Å². The van der Waals surface area contributed by atoms with Gasteiger partial charge in [0, 0.05) is 32.7 Å². The predicted molar refractivity (Wildman–Crippen MR) is 135 cm³/mol. The summed E-state index contributed by atoms with van der Waals surface area (Å²) in [6.07, 6.45) is 0.